The molecule has 1 aromatic heterocycles. The number of methoxy groups -OCH3 is 2. The molecule has 0 fully saturated rings. The lowest BCUT2D eigenvalue weighted by Gasteiger charge is -2.20. The van der Waals surface area contributed by atoms with Crippen LogP contribution in [0.2, 0.25) is 0 Å². The SMILES string of the molecule is COc1cc(OC)c(Br)c(N(C)c2ncccn2)c1. The number of halogens is 1. The summed E-state index contributed by atoms with van der Waals surface area (Å²) in [5.74, 6) is 1.99. The fourth-order valence-corrected chi connectivity index (χ4v) is 2.30. The predicted molar refractivity (Wildman–Crippen MR) is 77.3 cm³/mol. The van der Waals surface area contributed by atoms with Gasteiger partial charge in [-0.1, -0.05) is 0 Å². The van der Waals surface area contributed by atoms with Gasteiger partial charge in [0.15, 0.2) is 0 Å². The van der Waals surface area contributed by atoms with Crippen molar-refractivity contribution in [1.82, 2.24) is 9.97 Å². The lowest BCUT2D eigenvalue weighted by atomic mass is 10.2. The van der Waals surface area contributed by atoms with Crippen molar-refractivity contribution in [2.45, 2.75) is 0 Å². The van der Waals surface area contributed by atoms with E-state index in [1.54, 1.807) is 32.7 Å². The molecule has 19 heavy (non-hydrogen) atoms. The van der Waals surface area contributed by atoms with Crippen LogP contribution in [0.4, 0.5) is 11.6 Å². The van der Waals surface area contributed by atoms with Gasteiger partial charge in [-0.3, -0.25) is 0 Å². The van der Waals surface area contributed by atoms with Crippen molar-refractivity contribution in [2.75, 3.05) is 26.2 Å². The van der Waals surface area contributed by atoms with Crippen LogP contribution in [0.15, 0.2) is 35.1 Å². The zero-order valence-electron chi connectivity index (χ0n) is 10.9. The third kappa shape index (κ3) is 2.78. The highest BCUT2D eigenvalue weighted by Crippen LogP contribution is 2.40. The van der Waals surface area contributed by atoms with Gasteiger partial charge in [0.05, 0.1) is 24.4 Å². The molecular formula is C13H14BrN3O2. The Morgan fingerprint density at radius 2 is 1.79 bits per heavy atom. The molecule has 0 aliphatic carbocycles. The molecule has 0 atom stereocenters. The average molecular weight is 324 g/mol. The minimum absolute atomic E-state index is 0.596. The van der Waals surface area contributed by atoms with Crippen LogP contribution < -0.4 is 14.4 Å². The molecule has 0 radical (unpaired) electrons. The minimum atomic E-state index is 0.596. The molecule has 0 aliphatic rings. The second kappa shape index (κ2) is 5.88. The van der Waals surface area contributed by atoms with Gasteiger partial charge in [-0.2, -0.15) is 0 Å². The van der Waals surface area contributed by atoms with Gasteiger partial charge < -0.3 is 14.4 Å². The van der Waals surface area contributed by atoms with Gasteiger partial charge in [0.1, 0.15) is 11.5 Å². The Morgan fingerprint density at radius 3 is 2.37 bits per heavy atom. The van der Waals surface area contributed by atoms with E-state index in [0.29, 0.717) is 17.4 Å². The Hall–Kier alpha value is -1.82. The van der Waals surface area contributed by atoms with Crippen LogP contribution in [0.3, 0.4) is 0 Å². The van der Waals surface area contributed by atoms with Crippen molar-refractivity contribution in [3.63, 3.8) is 0 Å². The van der Waals surface area contributed by atoms with Gasteiger partial charge in [-0.15, -0.1) is 0 Å². The third-order valence-corrected chi connectivity index (χ3v) is 3.46. The van der Waals surface area contributed by atoms with Crippen LogP contribution in [0.5, 0.6) is 11.5 Å². The fourth-order valence-electron chi connectivity index (χ4n) is 1.64. The minimum Gasteiger partial charge on any atom is -0.497 e. The van der Waals surface area contributed by atoms with Gasteiger partial charge in [0, 0.05) is 31.6 Å². The zero-order chi connectivity index (χ0) is 13.8. The largest absolute Gasteiger partial charge is 0.497 e. The van der Waals surface area contributed by atoms with Crippen LogP contribution in [-0.4, -0.2) is 31.2 Å². The molecule has 2 aromatic rings. The van der Waals surface area contributed by atoms with E-state index in [2.05, 4.69) is 25.9 Å². The molecule has 0 saturated heterocycles. The maximum atomic E-state index is 5.32. The number of rotatable bonds is 4. The Morgan fingerprint density at radius 1 is 1.11 bits per heavy atom. The van der Waals surface area contributed by atoms with Crippen LogP contribution in [-0.2, 0) is 0 Å². The molecular weight excluding hydrogens is 310 g/mol. The number of anilines is 2. The first kappa shape index (κ1) is 13.6. The van der Waals surface area contributed by atoms with E-state index in [0.717, 1.165) is 10.2 Å². The first-order valence-corrected chi connectivity index (χ1v) is 6.39. The number of ether oxygens (including phenoxy) is 2. The topological polar surface area (TPSA) is 47.5 Å². The van der Waals surface area contributed by atoms with Gasteiger partial charge in [0.25, 0.3) is 0 Å². The van der Waals surface area contributed by atoms with Crippen molar-refractivity contribution in [1.29, 1.82) is 0 Å². The number of hydrogen-bond donors (Lipinski definition) is 0. The van der Waals surface area contributed by atoms with Crippen molar-refractivity contribution in [3.8, 4) is 11.5 Å². The lowest BCUT2D eigenvalue weighted by Crippen LogP contribution is -2.13. The second-order valence-corrected chi connectivity index (χ2v) is 4.56. The van der Waals surface area contributed by atoms with Gasteiger partial charge >= 0.3 is 0 Å². The summed E-state index contributed by atoms with van der Waals surface area (Å²) in [7, 11) is 5.11. The van der Waals surface area contributed by atoms with Gasteiger partial charge in [0.2, 0.25) is 5.95 Å². The number of benzene rings is 1. The van der Waals surface area contributed by atoms with Crippen molar-refractivity contribution >= 4 is 27.6 Å². The summed E-state index contributed by atoms with van der Waals surface area (Å²) in [5.41, 5.74) is 0.863. The summed E-state index contributed by atoms with van der Waals surface area (Å²) in [5, 5.41) is 0. The van der Waals surface area contributed by atoms with Crippen molar-refractivity contribution < 1.29 is 9.47 Å². The highest BCUT2D eigenvalue weighted by molar-refractivity contribution is 9.10. The van der Waals surface area contributed by atoms with E-state index in [1.165, 1.54) is 0 Å². The molecule has 2 rings (SSSR count). The first-order valence-electron chi connectivity index (χ1n) is 5.59. The molecule has 1 aromatic carbocycles. The summed E-state index contributed by atoms with van der Waals surface area (Å²) < 4.78 is 11.4. The molecule has 0 aliphatic heterocycles. The molecule has 5 nitrogen and oxygen atoms in total. The standard InChI is InChI=1S/C13H14BrN3O2/c1-17(13-15-5-4-6-16-13)10-7-9(18-2)8-11(19-3)12(10)14/h4-8H,1-3H3. The Bertz CT molecular complexity index is 563. The van der Waals surface area contributed by atoms with Gasteiger partial charge in [-0.25, -0.2) is 9.97 Å². The maximum Gasteiger partial charge on any atom is 0.229 e. The lowest BCUT2D eigenvalue weighted by molar-refractivity contribution is 0.393. The molecule has 0 bridgehead atoms. The zero-order valence-corrected chi connectivity index (χ0v) is 12.5. The van der Waals surface area contributed by atoms with Gasteiger partial charge in [-0.05, 0) is 22.0 Å². The van der Waals surface area contributed by atoms with E-state index in [1.807, 2.05) is 24.1 Å². The van der Waals surface area contributed by atoms with E-state index in [-0.39, 0.29) is 0 Å². The molecule has 6 heteroatoms. The summed E-state index contributed by atoms with van der Waals surface area (Å²) in [6.45, 7) is 0. The smallest absolute Gasteiger partial charge is 0.229 e. The number of hydrogen-bond acceptors (Lipinski definition) is 5. The summed E-state index contributed by atoms with van der Waals surface area (Å²) >= 11 is 3.52. The summed E-state index contributed by atoms with van der Waals surface area (Å²) in [6.07, 6.45) is 3.40. The Labute approximate surface area is 120 Å². The van der Waals surface area contributed by atoms with Crippen molar-refractivity contribution in [3.05, 3.63) is 35.1 Å². The Balaban J connectivity index is 2.49. The quantitative estimate of drug-likeness (QED) is 0.865. The normalized spacial score (nSPS) is 10.1. The maximum absolute atomic E-state index is 5.32. The van der Waals surface area contributed by atoms with Crippen LogP contribution in [0.1, 0.15) is 0 Å². The Kier molecular flexibility index (Phi) is 4.21. The van der Waals surface area contributed by atoms with Crippen molar-refractivity contribution in [2.24, 2.45) is 0 Å². The molecule has 1 heterocycles. The first-order chi connectivity index (χ1) is 9.17. The predicted octanol–water partition coefficient (Wildman–Crippen LogP) is 3.02. The van der Waals surface area contributed by atoms with Crippen LogP contribution >= 0.6 is 15.9 Å². The van der Waals surface area contributed by atoms with E-state index in [9.17, 15) is 0 Å². The van der Waals surface area contributed by atoms with Crippen LogP contribution in [0.25, 0.3) is 0 Å². The second-order valence-electron chi connectivity index (χ2n) is 3.77. The third-order valence-electron chi connectivity index (χ3n) is 2.66. The monoisotopic (exact) mass is 323 g/mol. The molecule has 100 valence electrons. The number of aromatic nitrogens is 2. The number of nitrogens with zero attached hydrogens (tertiary/aromatic N) is 3. The summed E-state index contributed by atoms with van der Waals surface area (Å²) in [6, 6.07) is 5.48. The molecule has 0 N–H and O–H groups in total. The molecule has 0 spiro atoms. The van der Waals surface area contributed by atoms with E-state index >= 15 is 0 Å². The highest BCUT2D eigenvalue weighted by Gasteiger charge is 2.15. The van der Waals surface area contributed by atoms with Crippen LogP contribution in [0, 0.1) is 0 Å². The molecule has 0 saturated carbocycles. The fraction of sp³-hybridized carbons (Fsp3) is 0.231. The molecule has 0 unspecified atom stereocenters. The highest BCUT2D eigenvalue weighted by atomic mass is 79.9. The summed E-state index contributed by atoms with van der Waals surface area (Å²) in [4.78, 5) is 10.3. The average Bonchev–Trinajstić information content (AvgIpc) is 2.47. The molecule has 0 amide bonds. The van der Waals surface area contributed by atoms with E-state index < -0.39 is 0 Å². The van der Waals surface area contributed by atoms with E-state index in [4.69, 9.17) is 9.47 Å².